The predicted molar refractivity (Wildman–Crippen MR) is 78.6 cm³/mol. The molecule has 1 atom stereocenters. The second kappa shape index (κ2) is 5.30. The van der Waals surface area contributed by atoms with Crippen LogP contribution in [0.4, 0.5) is 0 Å². The first kappa shape index (κ1) is 12.0. The van der Waals surface area contributed by atoms with Crippen LogP contribution in [0.2, 0.25) is 0 Å². The molecule has 0 nitrogen and oxygen atoms in total. The first-order valence-corrected chi connectivity index (χ1v) is 7.71. The third kappa shape index (κ3) is 2.13. The van der Waals surface area contributed by atoms with Crippen LogP contribution in [0.15, 0.2) is 30.3 Å². The SMILES string of the molecule is CCCC1C=C(C2CCCCC2)c2ccccc21. The smallest absolute Gasteiger partial charge is 0.00300 e. The van der Waals surface area contributed by atoms with E-state index in [9.17, 15) is 0 Å². The van der Waals surface area contributed by atoms with Crippen molar-refractivity contribution in [3.63, 3.8) is 0 Å². The molecule has 0 N–H and O–H groups in total. The number of allylic oxidation sites excluding steroid dienone is 2. The van der Waals surface area contributed by atoms with E-state index in [0.29, 0.717) is 5.92 Å². The van der Waals surface area contributed by atoms with Gasteiger partial charge in [-0.2, -0.15) is 0 Å². The van der Waals surface area contributed by atoms with Crippen LogP contribution in [0.3, 0.4) is 0 Å². The molecule has 2 aliphatic rings. The second-order valence-electron chi connectivity index (χ2n) is 5.94. The average molecular weight is 240 g/mol. The number of rotatable bonds is 3. The Balaban J connectivity index is 1.91. The molecule has 96 valence electrons. The van der Waals surface area contributed by atoms with Crippen molar-refractivity contribution in [2.45, 2.75) is 57.8 Å². The molecule has 0 amide bonds. The van der Waals surface area contributed by atoms with Gasteiger partial charge in [0.2, 0.25) is 0 Å². The third-order valence-corrected chi connectivity index (χ3v) is 4.70. The minimum Gasteiger partial charge on any atom is -0.0729 e. The van der Waals surface area contributed by atoms with Crippen molar-refractivity contribution < 1.29 is 0 Å². The summed E-state index contributed by atoms with van der Waals surface area (Å²) in [6.45, 7) is 2.30. The molecule has 0 heterocycles. The summed E-state index contributed by atoms with van der Waals surface area (Å²) >= 11 is 0. The Labute approximate surface area is 111 Å². The van der Waals surface area contributed by atoms with Gasteiger partial charge >= 0.3 is 0 Å². The summed E-state index contributed by atoms with van der Waals surface area (Å²) in [7, 11) is 0. The fourth-order valence-corrected chi connectivity index (χ4v) is 3.80. The highest BCUT2D eigenvalue weighted by Gasteiger charge is 2.27. The Morgan fingerprint density at radius 1 is 1.06 bits per heavy atom. The summed E-state index contributed by atoms with van der Waals surface area (Å²) in [5, 5.41) is 0. The zero-order chi connectivity index (χ0) is 12.4. The van der Waals surface area contributed by atoms with Gasteiger partial charge in [-0.15, -0.1) is 0 Å². The van der Waals surface area contributed by atoms with Crippen molar-refractivity contribution in [2.75, 3.05) is 0 Å². The quantitative estimate of drug-likeness (QED) is 0.650. The zero-order valence-electron chi connectivity index (χ0n) is 11.5. The molecule has 0 heteroatoms. The van der Waals surface area contributed by atoms with E-state index in [4.69, 9.17) is 0 Å². The van der Waals surface area contributed by atoms with E-state index in [1.165, 1.54) is 44.9 Å². The molecular formula is C18H24. The summed E-state index contributed by atoms with van der Waals surface area (Å²) in [4.78, 5) is 0. The second-order valence-corrected chi connectivity index (χ2v) is 5.94. The lowest BCUT2D eigenvalue weighted by molar-refractivity contribution is 0.429. The molecule has 18 heavy (non-hydrogen) atoms. The van der Waals surface area contributed by atoms with Crippen LogP contribution in [0, 0.1) is 5.92 Å². The van der Waals surface area contributed by atoms with Crippen molar-refractivity contribution in [2.24, 2.45) is 5.92 Å². The Morgan fingerprint density at radius 3 is 2.61 bits per heavy atom. The summed E-state index contributed by atoms with van der Waals surface area (Å²) < 4.78 is 0. The van der Waals surface area contributed by atoms with Gasteiger partial charge in [-0.1, -0.05) is 62.9 Å². The zero-order valence-corrected chi connectivity index (χ0v) is 11.5. The van der Waals surface area contributed by atoms with Crippen LogP contribution in [0.1, 0.15) is 68.9 Å². The molecule has 0 aliphatic heterocycles. The minimum atomic E-state index is 0.697. The summed E-state index contributed by atoms with van der Waals surface area (Å²) in [5.74, 6) is 1.55. The molecule has 3 rings (SSSR count). The highest BCUT2D eigenvalue weighted by atomic mass is 14.3. The molecular weight excluding hydrogens is 216 g/mol. The van der Waals surface area contributed by atoms with Gasteiger partial charge in [0.05, 0.1) is 0 Å². The van der Waals surface area contributed by atoms with E-state index in [2.05, 4.69) is 37.3 Å². The van der Waals surface area contributed by atoms with Crippen molar-refractivity contribution in [3.05, 3.63) is 41.5 Å². The predicted octanol–water partition coefficient (Wildman–Crippen LogP) is 5.55. The standard InChI is InChI=1S/C18H24/c1-2-8-15-13-18(14-9-4-3-5-10-14)17-12-7-6-11-16(15)17/h6-7,11-15H,2-5,8-10H2,1H3. The van der Waals surface area contributed by atoms with Gasteiger partial charge in [0.15, 0.2) is 0 Å². The lowest BCUT2D eigenvalue weighted by Crippen LogP contribution is -2.07. The monoisotopic (exact) mass is 240 g/mol. The van der Waals surface area contributed by atoms with Gasteiger partial charge < -0.3 is 0 Å². The van der Waals surface area contributed by atoms with Crippen molar-refractivity contribution in [1.82, 2.24) is 0 Å². The van der Waals surface area contributed by atoms with Crippen molar-refractivity contribution in [1.29, 1.82) is 0 Å². The molecule has 0 saturated heterocycles. The van der Waals surface area contributed by atoms with Gasteiger partial charge in [-0.05, 0) is 41.9 Å². The summed E-state index contributed by atoms with van der Waals surface area (Å²) in [6, 6.07) is 9.12. The first-order chi connectivity index (χ1) is 8.90. The van der Waals surface area contributed by atoms with Gasteiger partial charge in [-0.3, -0.25) is 0 Å². The number of benzene rings is 1. The molecule has 2 aliphatic carbocycles. The molecule has 1 fully saturated rings. The van der Waals surface area contributed by atoms with Crippen LogP contribution in [-0.4, -0.2) is 0 Å². The van der Waals surface area contributed by atoms with E-state index in [1.54, 1.807) is 16.7 Å². The fraction of sp³-hybridized carbons (Fsp3) is 0.556. The summed E-state index contributed by atoms with van der Waals surface area (Å²) in [5.41, 5.74) is 4.85. The van der Waals surface area contributed by atoms with Gasteiger partial charge in [0.1, 0.15) is 0 Å². The summed E-state index contributed by atoms with van der Waals surface area (Å²) in [6.07, 6.45) is 12.3. The van der Waals surface area contributed by atoms with Crippen LogP contribution in [-0.2, 0) is 0 Å². The van der Waals surface area contributed by atoms with Crippen molar-refractivity contribution >= 4 is 5.57 Å². The molecule has 1 unspecified atom stereocenters. The van der Waals surface area contributed by atoms with Crippen LogP contribution in [0.5, 0.6) is 0 Å². The number of fused-ring (bicyclic) bond motifs is 1. The lowest BCUT2D eigenvalue weighted by atomic mass is 9.82. The molecule has 1 saturated carbocycles. The minimum absolute atomic E-state index is 0.697. The van der Waals surface area contributed by atoms with Gasteiger partial charge in [0, 0.05) is 5.92 Å². The lowest BCUT2D eigenvalue weighted by Gasteiger charge is -2.23. The fourth-order valence-electron chi connectivity index (χ4n) is 3.80. The van der Waals surface area contributed by atoms with Gasteiger partial charge in [0.25, 0.3) is 0 Å². The van der Waals surface area contributed by atoms with E-state index < -0.39 is 0 Å². The molecule has 0 aromatic heterocycles. The Bertz CT molecular complexity index is 435. The average Bonchev–Trinajstić information content (AvgIpc) is 2.80. The van der Waals surface area contributed by atoms with Gasteiger partial charge in [-0.25, -0.2) is 0 Å². The molecule has 1 aromatic rings. The van der Waals surface area contributed by atoms with E-state index in [-0.39, 0.29) is 0 Å². The third-order valence-electron chi connectivity index (χ3n) is 4.70. The Morgan fingerprint density at radius 2 is 1.83 bits per heavy atom. The first-order valence-electron chi connectivity index (χ1n) is 7.71. The van der Waals surface area contributed by atoms with E-state index in [0.717, 1.165) is 5.92 Å². The maximum atomic E-state index is 2.60. The number of hydrogen-bond donors (Lipinski definition) is 0. The topological polar surface area (TPSA) is 0 Å². The molecule has 0 spiro atoms. The largest absolute Gasteiger partial charge is 0.0729 e. The molecule has 0 radical (unpaired) electrons. The Kier molecular flexibility index (Phi) is 3.54. The Hall–Kier alpha value is -1.04. The maximum Gasteiger partial charge on any atom is 0.00300 e. The van der Waals surface area contributed by atoms with Crippen molar-refractivity contribution in [3.8, 4) is 0 Å². The normalized spacial score (nSPS) is 23.8. The van der Waals surface area contributed by atoms with E-state index in [1.807, 2.05) is 0 Å². The van der Waals surface area contributed by atoms with E-state index >= 15 is 0 Å². The highest BCUT2D eigenvalue weighted by Crippen LogP contribution is 2.45. The van der Waals surface area contributed by atoms with Crippen LogP contribution < -0.4 is 0 Å². The molecule has 1 aromatic carbocycles. The van der Waals surface area contributed by atoms with Crippen LogP contribution >= 0.6 is 0 Å². The maximum absolute atomic E-state index is 2.60. The molecule has 0 bridgehead atoms. The van der Waals surface area contributed by atoms with Crippen LogP contribution in [0.25, 0.3) is 5.57 Å². The number of hydrogen-bond acceptors (Lipinski definition) is 0. The highest BCUT2D eigenvalue weighted by molar-refractivity contribution is 5.76.